The van der Waals surface area contributed by atoms with Gasteiger partial charge < -0.3 is 16.0 Å². The van der Waals surface area contributed by atoms with Crippen LogP contribution in [-0.4, -0.2) is 36.3 Å². The number of anilines is 1. The molecule has 0 fully saturated rings. The third-order valence-electron chi connectivity index (χ3n) is 3.39. The van der Waals surface area contributed by atoms with Crippen molar-refractivity contribution >= 4 is 17.5 Å². The summed E-state index contributed by atoms with van der Waals surface area (Å²) >= 11 is 0. The zero-order valence-corrected chi connectivity index (χ0v) is 11.2. The third-order valence-corrected chi connectivity index (χ3v) is 3.39. The molecule has 0 bridgehead atoms. The second-order valence-corrected chi connectivity index (χ2v) is 5.08. The van der Waals surface area contributed by atoms with Crippen LogP contribution in [0, 0.1) is 0 Å². The maximum Gasteiger partial charge on any atom is 0.237 e. The molecule has 0 aromatic heterocycles. The number of hydrogen-bond donors (Lipinski definition) is 2. The van der Waals surface area contributed by atoms with Gasteiger partial charge in [0.2, 0.25) is 11.8 Å². The van der Waals surface area contributed by atoms with Gasteiger partial charge >= 0.3 is 0 Å². The molecule has 102 valence electrons. The lowest BCUT2D eigenvalue weighted by Crippen LogP contribution is -2.41. The van der Waals surface area contributed by atoms with E-state index in [2.05, 4.69) is 5.32 Å². The number of primary amides is 1. The SMILES string of the molecule is CC1CC(C(=O)N(C)CC(N)=O)c2ccccc2N1. The first-order chi connectivity index (χ1) is 8.99. The van der Waals surface area contributed by atoms with Crippen molar-refractivity contribution in [3.63, 3.8) is 0 Å². The molecule has 0 saturated heterocycles. The van der Waals surface area contributed by atoms with Crippen molar-refractivity contribution in [2.24, 2.45) is 5.73 Å². The number of nitrogens with two attached hydrogens (primary N) is 1. The summed E-state index contributed by atoms with van der Waals surface area (Å²) in [5.74, 6) is -0.762. The van der Waals surface area contributed by atoms with Gasteiger partial charge in [-0.2, -0.15) is 0 Å². The number of rotatable bonds is 3. The molecule has 0 radical (unpaired) electrons. The quantitative estimate of drug-likeness (QED) is 0.849. The Morgan fingerprint density at radius 2 is 2.11 bits per heavy atom. The van der Waals surface area contributed by atoms with E-state index in [-0.39, 0.29) is 24.4 Å². The number of para-hydroxylation sites is 1. The Morgan fingerprint density at radius 3 is 2.79 bits per heavy atom. The van der Waals surface area contributed by atoms with E-state index in [1.165, 1.54) is 4.90 Å². The molecule has 3 N–H and O–H groups in total. The van der Waals surface area contributed by atoms with Gasteiger partial charge in [-0.1, -0.05) is 18.2 Å². The zero-order valence-electron chi connectivity index (χ0n) is 11.2. The lowest BCUT2D eigenvalue weighted by atomic mass is 9.86. The molecule has 5 nitrogen and oxygen atoms in total. The topological polar surface area (TPSA) is 75.4 Å². The molecular formula is C14H19N3O2. The molecule has 2 atom stereocenters. The summed E-state index contributed by atoms with van der Waals surface area (Å²) in [6.07, 6.45) is 0.721. The summed E-state index contributed by atoms with van der Waals surface area (Å²) < 4.78 is 0. The number of carbonyl (C=O) groups excluding carboxylic acids is 2. The highest BCUT2D eigenvalue weighted by Gasteiger charge is 2.31. The summed E-state index contributed by atoms with van der Waals surface area (Å²) in [6, 6.07) is 8.02. The van der Waals surface area contributed by atoms with Crippen molar-refractivity contribution in [2.45, 2.75) is 25.3 Å². The van der Waals surface area contributed by atoms with Crippen LogP contribution in [0.25, 0.3) is 0 Å². The average molecular weight is 261 g/mol. The van der Waals surface area contributed by atoms with E-state index in [1.807, 2.05) is 31.2 Å². The molecule has 1 aromatic rings. The van der Waals surface area contributed by atoms with Gasteiger partial charge in [0.25, 0.3) is 0 Å². The van der Waals surface area contributed by atoms with Crippen LogP contribution in [0.1, 0.15) is 24.8 Å². The van der Waals surface area contributed by atoms with E-state index in [1.54, 1.807) is 7.05 Å². The van der Waals surface area contributed by atoms with E-state index in [9.17, 15) is 9.59 Å². The van der Waals surface area contributed by atoms with Crippen molar-refractivity contribution in [1.29, 1.82) is 0 Å². The molecule has 1 aromatic carbocycles. The monoisotopic (exact) mass is 261 g/mol. The van der Waals surface area contributed by atoms with Gasteiger partial charge in [0.05, 0.1) is 12.5 Å². The van der Waals surface area contributed by atoms with E-state index in [4.69, 9.17) is 5.73 Å². The minimum Gasteiger partial charge on any atom is -0.382 e. The molecule has 0 saturated carbocycles. The Labute approximate surface area is 112 Å². The highest BCUT2D eigenvalue weighted by atomic mass is 16.2. The van der Waals surface area contributed by atoms with E-state index < -0.39 is 5.91 Å². The number of hydrogen-bond acceptors (Lipinski definition) is 3. The Kier molecular flexibility index (Phi) is 3.74. The fourth-order valence-electron chi connectivity index (χ4n) is 2.55. The van der Waals surface area contributed by atoms with Crippen molar-refractivity contribution in [2.75, 3.05) is 18.9 Å². The maximum absolute atomic E-state index is 12.4. The minimum absolute atomic E-state index is 0.0424. The summed E-state index contributed by atoms with van der Waals surface area (Å²) in [5, 5.41) is 3.36. The molecule has 2 rings (SSSR count). The van der Waals surface area contributed by atoms with Crippen molar-refractivity contribution in [1.82, 2.24) is 4.90 Å². The number of likely N-dealkylation sites (N-methyl/N-ethyl adjacent to an activating group) is 1. The first kappa shape index (κ1) is 13.4. The largest absolute Gasteiger partial charge is 0.382 e. The molecule has 2 amide bonds. The van der Waals surface area contributed by atoms with Crippen LogP contribution in [0.2, 0.25) is 0 Å². The zero-order chi connectivity index (χ0) is 14.0. The number of benzene rings is 1. The summed E-state index contributed by atoms with van der Waals surface area (Å²) in [4.78, 5) is 24.8. The van der Waals surface area contributed by atoms with Crippen LogP contribution in [0.15, 0.2) is 24.3 Å². The Morgan fingerprint density at radius 1 is 1.42 bits per heavy atom. The predicted octanol–water partition coefficient (Wildman–Crippen LogP) is 0.918. The van der Waals surface area contributed by atoms with Crippen LogP contribution in [0.4, 0.5) is 5.69 Å². The molecule has 0 aliphatic carbocycles. The predicted molar refractivity (Wildman–Crippen MR) is 73.7 cm³/mol. The van der Waals surface area contributed by atoms with Gasteiger partial charge in [-0.3, -0.25) is 9.59 Å². The summed E-state index contributed by atoms with van der Waals surface area (Å²) in [6.45, 7) is 2.00. The highest BCUT2D eigenvalue weighted by molar-refractivity contribution is 5.89. The molecular weight excluding hydrogens is 242 g/mol. The second-order valence-electron chi connectivity index (χ2n) is 5.08. The molecule has 19 heavy (non-hydrogen) atoms. The molecule has 2 unspecified atom stereocenters. The minimum atomic E-state index is -0.494. The average Bonchev–Trinajstić information content (AvgIpc) is 2.36. The van der Waals surface area contributed by atoms with Crippen LogP contribution < -0.4 is 11.1 Å². The van der Waals surface area contributed by atoms with Crippen molar-refractivity contribution < 1.29 is 9.59 Å². The Bertz CT molecular complexity index is 501. The highest BCUT2D eigenvalue weighted by Crippen LogP contribution is 2.34. The van der Waals surface area contributed by atoms with Gasteiger partial charge in [0, 0.05) is 18.8 Å². The van der Waals surface area contributed by atoms with Crippen LogP contribution in [0.3, 0.4) is 0 Å². The molecule has 1 aliphatic heterocycles. The fraction of sp³-hybridized carbons (Fsp3) is 0.429. The number of fused-ring (bicyclic) bond motifs is 1. The third kappa shape index (κ3) is 2.86. The first-order valence-electron chi connectivity index (χ1n) is 6.37. The lowest BCUT2D eigenvalue weighted by molar-refractivity contribution is -0.135. The second kappa shape index (κ2) is 5.30. The number of nitrogens with zero attached hydrogens (tertiary/aromatic N) is 1. The molecule has 1 heterocycles. The van der Waals surface area contributed by atoms with Gasteiger partial charge in [0.15, 0.2) is 0 Å². The number of nitrogens with one attached hydrogen (secondary N) is 1. The molecule has 5 heteroatoms. The van der Waals surface area contributed by atoms with Gasteiger partial charge in [-0.25, -0.2) is 0 Å². The molecule has 1 aliphatic rings. The van der Waals surface area contributed by atoms with Gasteiger partial charge in [-0.05, 0) is 25.0 Å². The van der Waals surface area contributed by atoms with E-state index in [0.717, 1.165) is 17.7 Å². The van der Waals surface area contributed by atoms with E-state index >= 15 is 0 Å². The normalized spacial score (nSPS) is 21.2. The van der Waals surface area contributed by atoms with Crippen LogP contribution >= 0.6 is 0 Å². The number of carbonyl (C=O) groups is 2. The first-order valence-corrected chi connectivity index (χ1v) is 6.37. The molecule has 0 spiro atoms. The van der Waals surface area contributed by atoms with Crippen molar-refractivity contribution in [3.8, 4) is 0 Å². The smallest absolute Gasteiger partial charge is 0.237 e. The standard InChI is InChI=1S/C14H19N3O2/c1-9-7-11(14(19)17(2)8-13(15)18)10-5-3-4-6-12(10)16-9/h3-6,9,11,16H,7-8H2,1-2H3,(H2,15,18). The van der Waals surface area contributed by atoms with Gasteiger partial charge in [0.1, 0.15) is 0 Å². The fourth-order valence-corrected chi connectivity index (χ4v) is 2.55. The van der Waals surface area contributed by atoms with E-state index in [0.29, 0.717) is 0 Å². The number of amides is 2. The summed E-state index contributed by atoms with van der Waals surface area (Å²) in [5.41, 5.74) is 7.12. The van der Waals surface area contributed by atoms with Crippen molar-refractivity contribution in [3.05, 3.63) is 29.8 Å². The maximum atomic E-state index is 12.4. The summed E-state index contributed by atoms with van der Waals surface area (Å²) in [7, 11) is 1.61. The van der Waals surface area contributed by atoms with Gasteiger partial charge in [-0.15, -0.1) is 0 Å². The Hall–Kier alpha value is -2.04. The van der Waals surface area contributed by atoms with Crippen LogP contribution in [-0.2, 0) is 9.59 Å². The Balaban J connectivity index is 2.25. The van der Waals surface area contributed by atoms with Crippen LogP contribution in [0.5, 0.6) is 0 Å². The lowest BCUT2D eigenvalue weighted by Gasteiger charge is -2.32.